The summed E-state index contributed by atoms with van der Waals surface area (Å²) in [6.45, 7) is 2.32. The number of aromatic nitrogens is 1. The lowest BCUT2D eigenvalue weighted by molar-refractivity contribution is -0.263. The zero-order valence-corrected chi connectivity index (χ0v) is 21.6. The monoisotopic (exact) mass is 577 g/mol. The predicted molar refractivity (Wildman–Crippen MR) is 132 cm³/mol. The topological polar surface area (TPSA) is 31.4 Å². The van der Waals surface area contributed by atoms with Crippen LogP contribution in [0, 0.1) is 6.92 Å². The van der Waals surface area contributed by atoms with E-state index in [1.165, 1.54) is 18.3 Å². The van der Waals surface area contributed by atoms with Crippen molar-refractivity contribution in [2.75, 3.05) is 13.2 Å². The Morgan fingerprint density at radius 1 is 1.00 bits per heavy atom. The van der Waals surface area contributed by atoms with Crippen LogP contribution in [0.1, 0.15) is 35.3 Å². The van der Waals surface area contributed by atoms with Gasteiger partial charge in [0.2, 0.25) is 0 Å². The van der Waals surface area contributed by atoms with Gasteiger partial charge < -0.3 is 9.47 Å². The maximum Gasteiger partial charge on any atom is 0.383 e. The number of aryl methyl sites for hydroxylation is 1. The Morgan fingerprint density at radius 3 is 2.34 bits per heavy atom. The van der Waals surface area contributed by atoms with Gasteiger partial charge in [0.15, 0.2) is 12.1 Å². The average molecular weight is 578 g/mol. The summed E-state index contributed by atoms with van der Waals surface area (Å²) in [5, 5.41) is 0. The molecule has 1 aliphatic heterocycles. The highest BCUT2D eigenvalue weighted by atomic mass is 32.1. The van der Waals surface area contributed by atoms with E-state index in [9.17, 15) is 30.7 Å². The number of hydrogen-bond acceptors (Lipinski definition) is 5. The van der Waals surface area contributed by atoms with Gasteiger partial charge in [-0.3, -0.25) is 4.98 Å². The molecule has 4 heterocycles. The number of alkyl halides is 6. The van der Waals surface area contributed by atoms with E-state index < -0.39 is 34.7 Å². The average Bonchev–Trinajstić information content (AvgIpc) is 3.50. The minimum Gasteiger partial charge on any atom is -0.353 e. The van der Waals surface area contributed by atoms with Crippen LogP contribution in [-0.4, -0.2) is 42.3 Å². The molecular formula is C26H22F7NO2S2. The van der Waals surface area contributed by atoms with E-state index >= 15 is 0 Å². The lowest BCUT2D eigenvalue weighted by Crippen LogP contribution is -2.48. The van der Waals surface area contributed by atoms with E-state index in [4.69, 9.17) is 9.47 Å². The van der Waals surface area contributed by atoms with Gasteiger partial charge in [0.25, 0.3) is 0 Å². The van der Waals surface area contributed by atoms with Crippen molar-refractivity contribution in [2.24, 2.45) is 0 Å². The normalized spacial score (nSPS) is 22.3. The number of hydrogen-bond donors (Lipinski definition) is 0. The summed E-state index contributed by atoms with van der Waals surface area (Å²) in [7, 11) is 0. The fourth-order valence-corrected chi connectivity index (χ4v) is 6.87. The Bertz CT molecular complexity index is 1340. The Balaban J connectivity index is 1.49. The summed E-state index contributed by atoms with van der Waals surface area (Å²) in [6, 6.07) is 6.51. The zero-order valence-electron chi connectivity index (χ0n) is 20.0. The van der Waals surface area contributed by atoms with Crippen LogP contribution >= 0.6 is 22.7 Å². The molecule has 1 unspecified atom stereocenters. The number of ether oxygens (including phenoxy) is 2. The van der Waals surface area contributed by atoms with Crippen LogP contribution < -0.4 is 0 Å². The Labute approximate surface area is 221 Å². The molecule has 3 aromatic rings. The van der Waals surface area contributed by atoms with Crippen molar-refractivity contribution in [3.8, 4) is 20.2 Å². The summed E-state index contributed by atoms with van der Waals surface area (Å²) in [4.78, 5) is 5.88. The molecule has 1 fully saturated rings. The van der Waals surface area contributed by atoms with Gasteiger partial charge in [-0.05, 0) is 68.0 Å². The molecule has 12 heteroatoms. The van der Waals surface area contributed by atoms with Gasteiger partial charge >= 0.3 is 17.8 Å². The van der Waals surface area contributed by atoms with Gasteiger partial charge in [-0.1, -0.05) is 0 Å². The third kappa shape index (κ3) is 4.48. The molecule has 0 saturated carbocycles. The van der Waals surface area contributed by atoms with Gasteiger partial charge in [0.1, 0.15) is 0 Å². The van der Waals surface area contributed by atoms with Crippen LogP contribution in [-0.2, 0) is 15.9 Å². The van der Waals surface area contributed by atoms with Crippen molar-refractivity contribution in [3.05, 3.63) is 58.5 Å². The van der Waals surface area contributed by atoms with Crippen molar-refractivity contribution < 1.29 is 40.2 Å². The highest BCUT2D eigenvalue weighted by Gasteiger charge is 2.81. The molecule has 1 saturated heterocycles. The van der Waals surface area contributed by atoms with Crippen LogP contribution in [0.2, 0.25) is 0 Å². The van der Waals surface area contributed by atoms with Gasteiger partial charge in [-0.15, -0.1) is 22.7 Å². The van der Waals surface area contributed by atoms with E-state index in [0.29, 0.717) is 29.4 Å². The van der Waals surface area contributed by atoms with Gasteiger partial charge in [0.05, 0.1) is 12.2 Å². The van der Waals surface area contributed by atoms with E-state index in [-0.39, 0.29) is 11.2 Å². The quantitative estimate of drug-likeness (QED) is 0.264. The van der Waals surface area contributed by atoms with Crippen molar-refractivity contribution >= 4 is 28.2 Å². The summed E-state index contributed by atoms with van der Waals surface area (Å²) < 4.78 is 110. The van der Waals surface area contributed by atoms with E-state index in [1.807, 2.05) is 6.07 Å². The molecule has 0 N–H and O–H groups in total. The highest BCUT2D eigenvalue weighted by Crippen LogP contribution is 2.63. The smallest absolute Gasteiger partial charge is 0.353 e. The number of rotatable bonds is 7. The molecular weight excluding hydrogens is 555 g/mol. The van der Waals surface area contributed by atoms with Gasteiger partial charge in [0, 0.05) is 44.1 Å². The SMILES string of the molecule is Cc1sc(-c2cc(CCOC3CCCCO3)c(-c3ccncc3)s2)cc1C1=C(F)C(F)(F)C(F)(F)C1(F)F. The van der Waals surface area contributed by atoms with Crippen molar-refractivity contribution in [1.82, 2.24) is 4.98 Å². The lowest BCUT2D eigenvalue weighted by Gasteiger charge is -2.24. The molecule has 3 nitrogen and oxygen atoms in total. The van der Waals surface area contributed by atoms with Crippen LogP contribution in [0.3, 0.4) is 0 Å². The first-order valence-electron chi connectivity index (χ1n) is 11.9. The summed E-state index contributed by atoms with van der Waals surface area (Å²) in [5.74, 6) is -19.6. The predicted octanol–water partition coefficient (Wildman–Crippen LogP) is 8.53. The fourth-order valence-electron chi connectivity index (χ4n) is 4.55. The summed E-state index contributed by atoms with van der Waals surface area (Å²) in [6.07, 6.45) is 6.28. The number of halogens is 7. The third-order valence-electron chi connectivity index (χ3n) is 6.59. The second-order valence-corrected chi connectivity index (χ2v) is 11.4. The molecule has 0 radical (unpaired) electrons. The molecule has 1 atom stereocenters. The van der Waals surface area contributed by atoms with E-state index in [0.717, 1.165) is 52.7 Å². The molecule has 0 aromatic carbocycles. The number of allylic oxidation sites excluding steroid dienone is 2. The largest absolute Gasteiger partial charge is 0.383 e. The summed E-state index contributed by atoms with van der Waals surface area (Å²) in [5.41, 5.74) is -0.875. The standard InChI is InChI=1S/C26H22F7NO2S2/c1-14-17(21-23(27)25(30,31)26(32,33)24(21,28)29)13-19(37-14)18-12-16(7-11-36-20-4-2-3-10-35-20)22(38-18)15-5-8-34-9-6-15/h5-6,8-9,12-13,20H,2-4,7,10-11H2,1H3. The third-order valence-corrected chi connectivity index (χ3v) is 9.07. The number of nitrogens with zero attached hydrogens (tertiary/aromatic N) is 1. The van der Waals surface area contributed by atoms with Gasteiger partial charge in [-0.25, -0.2) is 4.39 Å². The maximum absolute atomic E-state index is 14.4. The number of pyridine rings is 1. The van der Waals surface area contributed by atoms with E-state index in [1.54, 1.807) is 24.5 Å². The molecule has 204 valence electrons. The summed E-state index contributed by atoms with van der Waals surface area (Å²) >= 11 is 2.26. The van der Waals surface area contributed by atoms with Crippen LogP contribution in [0.15, 0.2) is 42.5 Å². The second-order valence-electron chi connectivity index (χ2n) is 9.11. The van der Waals surface area contributed by atoms with Crippen LogP contribution in [0.4, 0.5) is 30.7 Å². The van der Waals surface area contributed by atoms with Crippen molar-refractivity contribution in [2.45, 2.75) is 56.7 Å². The molecule has 0 spiro atoms. The number of thiophene rings is 2. The van der Waals surface area contributed by atoms with Crippen molar-refractivity contribution in [1.29, 1.82) is 0 Å². The first-order valence-corrected chi connectivity index (χ1v) is 13.5. The second kappa shape index (κ2) is 10.0. The van der Waals surface area contributed by atoms with E-state index in [2.05, 4.69) is 4.98 Å². The minimum absolute atomic E-state index is 0.0246. The molecule has 0 bridgehead atoms. The molecule has 5 rings (SSSR count). The molecule has 1 aliphatic carbocycles. The van der Waals surface area contributed by atoms with Crippen LogP contribution in [0.5, 0.6) is 0 Å². The highest BCUT2D eigenvalue weighted by molar-refractivity contribution is 7.24. The zero-order chi connectivity index (χ0) is 27.3. The first kappa shape index (κ1) is 27.3. The molecule has 3 aromatic heterocycles. The van der Waals surface area contributed by atoms with Crippen molar-refractivity contribution in [3.63, 3.8) is 0 Å². The Morgan fingerprint density at radius 2 is 1.71 bits per heavy atom. The lowest BCUT2D eigenvalue weighted by atomic mass is 10.0. The maximum atomic E-state index is 14.4. The Hall–Kier alpha value is -2.28. The van der Waals surface area contributed by atoms with Gasteiger partial charge in [-0.2, -0.15) is 26.3 Å². The fraction of sp³-hybridized carbons (Fsp3) is 0.423. The molecule has 38 heavy (non-hydrogen) atoms. The minimum atomic E-state index is -5.87. The van der Waals surface area contributed by atoms with Crippen LogP contribution in [0.25, 0.3) is 25.8 Å². The first-order chi connectivity index (χ1) is 17.9. The molecule has 0 amide bonds. The molecule has 2 aliphatic rings. The Kier molecular flexibility index (Phi) is 7.21.